The van der Waals surface area contributed by atoms with E-state index >= 15 is 0 Å². The van der Waals surface area contributed by atoms with Gasteiger partial charge in [0.05, 0.1) is 16.7 Å². The van der Waals surface area contributed by atoms with Crippen LogP contribution in [0.1, 0.15) is 31.9 Å². The molecule has 0 radical (unpaired) electrons. The van der Waals surface area contributed by atoms with Gasteiger partial charge in [0.1, 0.15) is 17.1 Å². The van der Waals surface area contributed by atoms with Crippen LogP contribution in [0.3, 0.4) is 0 Å². The average Bonchev–Trinajstić information content (AvgIpc) is 3.52. The number of hydrogen-bond acceptors (Lipinski definition) is 2. The van der Waals surface area contributed by atoms with Crippen molar-refractivity contribution < 1.29 is 21.1 Å². The Morgan fingerprint density at radius 1 is 0.614 bits per heavy atom. The molecule has 5 heteroatoms. The number of rotatable bonds is 3. The molecule has 44 heavy (non-hydrogen) atoms. The monoisotopic (exact) mass is 750 g/mol. The van der Waals surface area contributed by atoms with Crippen molar-refractivity contribution in [1.82, 2.24) is 19.1 Å². The van der Waals surface area contributed by atoms with Gasteiger partial charge in [-0.15, -0.1) is 6.07 Å². The van der Waals surface area contributed by atoms with Crippen molar-refractivity contribution in [3.05, 3.63) is 132 Å². The second-order valence-corrected chi connectivity index (χ2v) is 12.3. The quantitative estimate of drug-likeness (QED) is 0.169. The molecular weight excluding hydrogens is 720 g/mol. The summed E-state index contributed by atoms with van der Waals surface area (Å²) < 4.78 is 4.51. The van der Waals surface area contributed by atoms with Crippen LogP contribution in [0, 0.1) is 13.0 Å². The standard InChI is InChI=1S/C39H31N4.Pt/c1-25-15-8-9-18-27(25)30-21-14-24-33(40-30)43-32-23-13-11-20-29(32)35-36(39(2,3)4)34-28-19-10-12-22-31(28)42(37(34)41-38(35)43)26-16-6-5-7-17-26;/h5-16,18-24H,1-4H3;/q-1;. The van der Waals surface area contributed by atoms with Crippen molar-refractivity contribution in [3.8, 4) is 22.8 Å². The zero-order valence-corrected chi connectivity index (χ0v) is 27.3. The molecule has 8 rings (SSSR count). The van der Waals surface area contributed by atoms with Gasteiger partial charge >= 0.3 is 0 Å². The van der Waals surface area contributed by atoms with Crippen molar-refractivity contribution in [2.75, 3.05) is 0 Å². The summed E-state index contributed by atoms with van der Waals surface area (Å²) in [6.45, 7) is 9.07. The summed E-state index contributed by atoms with van der Waals surface area (Å²) in [6, 6.07) is 43.6. The Labute approximate surface area is 271 Å². The van der Waals surface area contributed by atoms with Crippen LogP contribution in [0.25, 0.3) is 66.6 Å². The normalized spacial score (nSPS) is 11.9. The number of aryl methyl sites for hydroxylation is 1. The number of fused-ring (bicyclic) bond motifs is 6. The van der Waals surface area contributed by atoms with Crippen LogP contribution in [0.15, 0.2) is 115 Å². The van der Waals surface area contributed by atoms with E-state index in [9.17, 15) is 0 Å². The van der Waals surface area contributed by atoms with Crippen LogP contribution in [0.4, 0.5) is 0 Å². The predicted molar refractivity (Wildman–Crippen MR) is 178 cm³/mol. The van der Waals surface area contributed by atoms with E-state index < -0.39 is 0 Å². The molecule has 0 N–H and O–H groups in total. The minimum absolute atomic E-state index is 0. The van der Waals surface area contributed by atoms with E-state index in [4.69, 9.17) is 9.97 Å². The minimum atomic E-state index is -0.166. The van der Waals surface area contributed by atoms with Gasteiger partial charge in [0.2, 0.25) is 0 Å². The van der Waals surface area contributed by atoms with Crippen molar-refractivity contribution >= 4 is 43.9 Å². The van der Waals surface area contributed by atoms with Crippen LogP contribution in [-0.2, 0) is 26.5 Å². The van der Waals surface area contributed by atoms with E-state index in [0.717, 1.165) is 45.1 Å². The SMILES string of the molecule is Cc1ccccc1-c1cccc(-n2c3ccccc3c3c(C(C)(C)C)c4c5ccccc5n(-c5[c-]cccc5)c4nc32)n1.[Pt]. The summed E-state index contributed by atoms with van der Waals surface area (Å²) >= 11 is 0. The van der Waals surface area contributed by atoms with E-state index in [1.54, 1.807) is 0 Å². The molecule has 0 unspecified atom stereocenters. The van der Waals surface area contributed by atoms with Gasteiger partial charge in [0, 0.05) is 48.2 Å². The smallest absolute Gasteiger partial charge is 0.149 e. The molecule has 0 aliphatic heterocycles. The number of para-hydroxylation sites is 3. The third kappa shape index (κ3) is 4.24. The molecule has 0 atom stereocenters. The topological polar surface area (TPSA) is 35.6 Å². The molecule has 4 aromatic carbocycles. The van der Waals surface area contributed by atoms with Crippen molar-refractivity contribution in [2.24, 2.45) is 0 Å². The molecule has 0 spiro atoms. The second kappa shape index (κ2) is 10.6. The van der Waals surface area contributed by atoms with E-state index in [2.05, 4.69) is 146 Å². The minimum Gasteiger partial charge on any atom is -0.318 e. The Balaban J connectivity index is 0.00000312. The van der Waals surface area contributed by atoms with Gasteiger partial charge in [-0.3, -0.25) is 4.57 Å². The average molecular weight is 751 g/mol. The zero-order chi connectivity index (χ0) is 29.3. The fourth-order valence-electron chi connectivity index (χ4n) is 6.69. The molecule has 4 heterocycles. The summed E-state index contributed by atoms with van der Waals surface area (Å²) in [5.41, 5.74) is 9.45. The maximum atomic E-state index is 5.56. The van der Waals surface area contributed by atoms with Crippen molar-refractivity contribution in [1.29, 1.82) is 0 Å². The maximum Gasteiger partial charge on any atom is 0.149 e. The number of nitrogens with zero attached hydrogens (tertiary/aromatic N) is 4. The van der Waals surface area contributed by atoms with Crippen LogP contribution in [0.5, 0.6) is 0 Å². The van der Waals surface area contributed by atoms with Crippen molar-refractivity contribution in [3.63, 3.8) is 0 Å². The van der Waals surface area contributed by atoms with Gasteiger partial charge in [-0.25, -0.2) is 9.97 Å². The summed E-state index contributed by atoms with van der Waals surface area (Å²) in [5, 5.41) is 4.75. The first-order chi connectivity index (χ1) is 20.9. The van der Waals surface area contributed by atoms with Gasteiger partial charge in [0.15, 0.2) is 0 Å². The van der Waals surface area contributed by atoms with Crippen LogP contribution in [0.2, 0.25) is 0 Å². The first-order valence-electron chi connectivity index (χ1n) is 14.8. The third-order valence-corrected chi connectivity index (χ3v) is 8.48. The number of hydrogen-bond donors (Lipinski definition) is 0. The summed E-state index contributed by atoms with van der Waals surface area (Å²) in [5.74, 6) is 0.854. The first-order valence-corrected chi connectivity index (χ1v) is 14.8. The van der Waals surface area contributed by atoms with Gasteiger partial charge < -0.3 is 4.57 Å². The molecule has 0 saturated heterocycles. The fraction of sp³-hybridized carbons (Fsp3) is 0.128. The Morgan fingerprint density at radius 3 is 1.89 bits per heavy atom. The summed E-state index contributed by atoms with van der Waals surface area (Å²) in [4.78, 5) is 10.8. The molecule has 0 aliphatic carbocycles. The summed E-state index contributed by atoms with van der Waals surface area (Å²) in [6.07, 6.45) is 0. The Kier molecular flexibility index (Phi) is 6.79. The molecule has 0 amide bonds. The van der Waals surface area contributed by atoms with Crippen LogP contribution in [-0.4, -0.2) is 19.1 Å². The van der Waals surface area contributed by atoms with Gasteiger partial charge in [0.25, 0.3) is 0 Å². The van der Waals surface area contributed by atoms with Crippen molar-refractivity contribution in [2.45, 2.75) is 33.1 Å². The fourth-order valence-corrected chi connectivity index (χ4v) is 6.69. The molecule has 218 valence electrons. The Morgan fingerprint density at radius 2 is 1.23 bits per heavy atom. The van der Waals surface area contributed by atoms with Gasteiger partial charge in [-0.05, 0) is 47.7 Å². The first kappa shape index (κ1) is 28.3. The molecule has 0 aliphatic rings. The Hall–Kier alpha value is -4.53. The largest absolute Gasteiger partial charge is 0.318 e. The zero-order valence-electron chi connectivity index (χ0n) is 25.1. The second-order valence-electron chi connectivity index (χ2n) is 12.3. The third-order valence-electron chi connectivity index (χ3n) is 8.48. The van der Waals surface area contributed by atoms with Gasteiger partial charge in [-0.2, -0.15) is 24.3 Å². The maximum absolute atomic E-state index is 5.56. The van der Waals surface area contributed by atoms with E-state index in [0.29, 0.717) is 0 Å². The summed E-state index contributed by atoms with van der Waals surface area (Å²) in [7, 11) is 0. The molecule has 4 aromatic heterocycles. The van der Waals surface area contributed by atoms with Gasteiger partial charge in [-0.1, -0.05) is 93.2 Å². The predicted octanol–water partition coefficient (Wildman–Crippen LogP) is 9.74. The Bertz CT molecular complexity index is 2340. The molecule has 0 saturated carbocycles. The number of benzene rings is 4. The van der Waals surface area contributed by atoms with Crippen LogP contribution >= 0.6 is 0 Å². The molecular formula is C39H31N4Pt-. The molecule has 0 fully saturated rings. The number of aromatic nitrogens is 4. The van der Waals surface area contributed by atoms with E-state index in [1.165, 1.54) is 32.7 Å². The van der Waals surface area contributed by atoms with E-state index in [1.807, 2.05) is 12.1 Å². The molecule has 0 bridgehead atoms. The van der Waals surface area contributed by atoms with E-state index in [-0.39, 0.29) is 26.5 Å². The number of pyridine rings is 2. The van der Waals surface area contributed by atoms with Crippen LogP contribution < -0.4 is 0 Å². The molecule has 4 nitrogen and oxygen atoms in total. The molecule has 8 aromatic rings.